The summed E-state index contributed by atoms with van der Waals surface area (Å²) < 4.78 is 10.7. The Morgan fingerprint density at radius 1 is 1.08 bits per heavy atom. The maximum absolute atomic E-state index is 12.9. The minimum absolute atomic E-state index is 0.111. The van der Waals surface area contributed by atoms with Gasteiger partial charge in [-0.3, -0.25) is 24.6 Å². The van der Waals surface area contributed by atoms with Crippen molar-refractivity contribution >= 4 is 63.8 Å². The fourth-order valence-corrected chi connectivity index (χ4v) is 4.77. The Hall–Kier alpha value is -3.86. The first kappa shape index (κ1) is 26.2. The molecule has 2 amide bonds. The number of benzene rings is 3. The molecule has 1 heterocycles. The standard InChI is InChI=1S/C25H16Cl2N2O7S/c1-35-21-10-14(6-9-20(21)36-24(31)17-8-7-16(26)12-18(17)27)11-22-23(30)28(25(32)37-22)13-15-4-2-3-5-19(15)29(33)34/h2-12H,13H2,1H3/b22-11-. The molecule has 37 heavy (non-hydrogen) atoms. The molecule has 1 aliphatic heterocycles. The predicted octanol–water partition coefficient (Wildman–Crippen LogP) is 6.37. The molecule has 0 spiro atoms. The Labute approximate surface area is 224 Å². The Kier molecular flexibility index (Phi) is 7.82. The number of methoxy groups -OCH3 is 1. The molecule has 0 unspecified atom stereocenters. The van der Waals surface area contributed by atoms with Crippen LogP contribution in [0.1, 0.15) is 21.5 Å². The van der Waals surface area contributed by atoms with Crippen LogP contribution in [-0.2, 0) is 11.3 Å². The zero-order chi connectivity index (χ0) is 26.7. The van der Waals surface area contributed by atoms with Gasteiger partial charge in [-0.15, -0.1) is 0 Å². The van der Waals surface area contributed by atoms with Gasteiger partial charge in [0.25, 0.3) is 16.8 Å². The lowest BCUT2D eigenvalue weighted by Crippen LogP contribution is -2.27. The number of carbonyl (C=O) groups excluding carboxylic acids is 3. The molecule has 1 aliphatic rings. The monoisotopic (exact) mass is 558 g/mol. The molecule has 0 bridgehead atoms. The lowest BCUT2D eigenvalue weighted by atomic mass is 10.1. The molecular formula is C25H16Cl2N2O7S. The van der Waals surface area contributed by atoms with E-state index in [4.69, 9.17) is 32.7 Å². The van der Waals surface area contributed by atoms with Gasteiger partial charge < -0.3 is 9.47 Å². The number of hydrogen-bond acceptors (Lipinski definition) is 8. The van der Waals surface area contributed by atoms with E-state index in [-0.39, 0.29) is 44.8 Å². The van der Waals surface area contributed by atoms with Crippen molar-refractivity contribution in [1.82, 2.24) is 4.90 Å². The van der Waals surface area contributed by atoms with Crippen LogP contribution >= 0.6 is 35.0 Å². The van der Waals surface area contributed by atoms with Crippen LogP contribution in [0, 0.1) is 10.1 Å². The SMILES string of the molecule is COc1cc(/C=C2\SC(=O)N(Cc3ccccc3[N+](=O)[O-])C2=O)ccc1OC(=O)c1ccc(Cl)cc1Cl. The van der Waals surface area contributed by atoms with Crippen molar-refractivity contribution in [3.63, 3.8) is 0 Å². The highest BCUT2D eigenvalue weighted by atomic mass is 35.5. The van der Waals surface area contributed by atoms with E-state index in [0.717, 1.165) is 4.90 Å². The molecule has 0 saturated carbocycles. The van der Waals surface area contributed by atoms with E-state index in [1.165, 1.54) is 61.7 Å². The Balaban J connectivity index is 1.54. The summed E-state index contributed by atoms with van der Waals surface area (Å²) in [6, 6.07) is 14.9. The number of ether oxygens (including phenoxy) is 2. The molecule has 188 valence electrons. The Morgan fingerprint density at radius 2 is 1.84 bits per heavy atom. The van der Waals surface area contributed by atoms with Crippen molar-refractivity contribution in [1.29, 1.82) is 0 Å². The number of hydrogen-bond donors (Lipinski definition) is 0. The second-order valence-corrected chi connectivity index (χ2v) is 9.41. The molecule has 1 saturated heterocycles. The third-order valence-corrected chi connectivity index (χ3v) is 6.68. The smallest absolute Gasteiger partial charge is 0.345 e. The molecule has 3 aromatic rings. The molecule has 0 radical (unpaired) electrons. The van der Waals surface area contributed by atoms with E-state index in [1.807, 2.05) is 0 Å². The van der Waals surface area contributed by atoms with Gasteiger partial charge in [0.2, 0.25) is 0 Å². The third-order valence-electron chi connectivity index (χ3n) is 5.23. The third kappa shape index (κ3) is 5.77. The summed E-state index contributed by atoms with van der Waals surface area (Å²) in [5, 5.41) is 11.2. The molecule has 9 nitrogen and oxygen atoms in total. The summed E-state index contributed by atoms with van der Waals surface area (Å²) in [5.74, 6) is -0.990. The Bertz CT molecular complexity index is 1480. The van der Waals surface area contributed by atoms with Gasteiger partial charge in [-0.05, 0) is 53.7 Å². The van der Waals surface area contributed by atoms with E-state index >= 15 is 0 Å². The van der Waals surface area contributed by atoms with Crippen molar-refractivity contribution < 1.29 is 28.8 Å². The first-order chi connectivity index (χ1) is 17.7. The normalized spacial score (nSPS) is 14.2. The average molecular weight is 559 g/mol. The highest BCUT2D eigenvalue weighted by Crippen LogP contribution is 2.36. The quantitative estimate of drug-likeness (QED) is 0.108. The number of halogens is 2. The first-order valence-corrected chi connectivity index (χ1v) is 12.1. The zero-order valence-corrected chi connectivity index (χ0v) is 21.3. The summed E-state index contributed by atoms with van der Waals surface area (Å²) in [4.78, 5) is 49.8. The van der Waals surface area contributed by atoms with Gasteiger partial charge in [0.15, 0.2) is 11.5 Å². The average Bonchev–Trinajstić information content (AvgIpc) is 3.12. The van der Waals surface area contributed by atoms with Crippen molar-refractivity contribution in [2.24, 2.45) is 0 Å². The molecule has 3 aromatic carbocycles. The summed E-state index contributed by atoms with van der Waals surface area (Å²) in [6.45, 7) is -0.232. The molecule has 0 aliphatic carbocycles. The van der Waals surface area contributed by atoms with Crippen LogP contribution in [0.5, 0.6) is 11.5 Å². The molecule has 0 atom stereocenters. The second-order valence-electron chi connectivity index (χ2n) is 7.58. The van der Waals surface area contributed by atoms with Crippen molar-refractivity contribution in [3.8, 4) is 11.5 Å². The highest BCUT2D eigenvalue weighted by Gasteiger charge is 2.36. The van der Waals surface area contributed by atoms with Crippen LogP contribution in [0.3, 0.4) is 0 Å². The molecular weight excluding hydrogens is 543 g/mol. The number of imide groups is 1. The van der Waals surface area contributed by atoms with E-state index in [1.54, 1.807) is 12.1 Å². The number of para-hydroxylation sites is 1. The van der Waals surface area contributed by atoms with E-state index in [0.29, 0.717) is 22.3 Å². The topological polar surface area (TPSA) is 116 Å². The van der Waals surface area contributed by atoms with Gasteiger partial charge >= 0.3 is 5.97 Å². The number of nitrogens with zero attached hydrogens (tertiary/aromatic N) is 2. The maximum atomic E-state index is 12.9. The van der Waals surface area contributed by atoms with E-state index < -0.39 is 22.0 Å². The van der Waals surface area contributed by atoms with Crippen molar-refractivity contribution in [2.45, 2.75) is 6.54 Å². The summed E-state index contributed by atoms with van der Waals surface area (Å²) in [6.07, 6.45) is 1.48. The molecule has 4 rings (SSSR count). The molecule has 1 fully saturated rings. The number of carbonyl (C=O) groups is 3. The number of nitro benzene ring substituents is 1. The summed E-state index contributed by atoms with van der Waals surface area (Å²) >= 11 is 12.7. The summed E-state index contributed by atoms with van der Waals surface area (Å²) in [7, 11) is 1.38. The van der Waals surface area contributed by atoms with Gasteiger partial charge in [-0.1, -0.05) is 47.5 Å². The highest BCUT2D eigenvalue weighted by molar-refractivity contribution is 8.18. The van der Waals surface area contributed by atoms with Crippen LogP contribution in [0.25, 0.3) is 6.08 Å². The van der Waals surface area contributed by atoms with Crippen LogP contribution in [-0.4, -0.2) is 34.0 Å². The molecule has 0 N–H and O–H groups in total. The number of thioether (sulfide) groups is 1. The number of rotatable bonds is 7. The predicted molar refractivity (Wildman–Crippen MR) is 139 cm³/mol. The number of esters is 1. The first-order valence-electron chi connectivity index (χ1n) is 10.5. The second kappa shape index (κ2) is 11.0. The van der Waals surface area contributed by atoms with Crippen LogP contribution in [0.2, 0.25) is 10.0 Å². The molecule has 12 heteroatoms. The lowest BCUT2D eigenvalue weighted by molar-refractivity contribution is -0.385. The van der Waals surface area contributed by atoms with Gasteiger partial charge in [-0.2, -0.15) is 0 Å². The van der Waals surface area contributed by atoms with Crippen molar-refractivity contribution in [2.75, 3.05) is 7.11 Å². The van der Waals surface area contributed by atoms with Crippen LogP contribution < -0.4 is 9.47 Å². The fourth-order valence-electron chi connectivity index (χ4n) is 3.45. The van der Waals surface area contributed by atoms with Gasteiger partial charge in [0, 0.05) is 16.7 Å². The maximum Gasteiger partial charge on any atom is 0.345 e. The largest absolute Gasteiger partial charge is 0.493 e. The van der Waals surface area contributed by atoms with Crippen molar-refractivity contribution in [3.05, 3.63) is 102 Å². The van der Waals surface area contributed by atoms with Crippen LogP contribution in [0.4, 0.5) is 10.5 Å². The number of nitro groups is 1. The number of amides is 2. The summed E-state index contributed by atoms with van der Waals surface area (Å²) in [5.41, 5.74) is 0.673. The minimum atomic E-state index is -0.719. The van der Waals surface area contributed by atoms with Crippen LogP contribution in [0.15, 0.2) is 65.6 Å². The lowest BCUT2D eigenvalue weighted by Gasteiger charge is -2.12. The zero-order valence-electron chi connectivity index (χ0n) is 19.0. The Morgan fingerprint density at radius 3 is 2.54 bits per heavy atom. The van der Waals surface area contributed by atoms with Gasteiger partial charge in [-0.25, -0.2) is 4.79 Å². The minimum Gasteiger partial charge on any atom is -0.493 e. The van der Waals surface area contributed by atoms with E-state index in [9.17, 15) is 24.5 Å². The van der Waals surface area contributed by atoms with E-state index in [2.05, 4.69) is 0 Å². The fraction of sp³-hybridized carbons (Fsp3) is 0.0800. The molecule has 0 aromatic heterocycles. The van der Waals surface area contributed by atoms with Gasteiger partial charge in [0.05, 0.1) is 34.1 Å². The van der Waals surface area contributed by atoms with Gasteiger partial charge in [0.1, 0.15) is 0 Å².